The maximum absolute atomic E-state index is 3.40. The first-order valence-electron chi connectivity index (χ1n) is 8.89. The second kappa shape index (κ2) is 8.29. The molecule has 0 amide bonds. The lowest BCUT2D eigenvalue weighted by Crippen LogP contribution is -2.16. The van der Waals surface area contributed by atoms with Gasteiger partial charge in [-0.1, -0.05) is 75.1 Å². The molecule has 2 aromatic carbocycles. The van der Waals surface area contributed by atoms with Gasteiger partial charge in [0.1, 0.15) is 16.1 Å². The normalized spacial score (nSPS) is 10.5. The van der Waals surface area contributed by atoms with Gasteiger partial charge in [-0.25, -0.2) is 0 Å². The molecule has 0 aliphatic carbocycles. The van der Waals surface area contributed by atoms with Crippen LogP contribution < -0.4 is 0 Å². The molecule has 0 N–H and O–H groups in total. The van der Waals surface area contributed by atoms with Gasteiger partial charge in [-0.05, 0) is 36.4 Å². The lowest BCUT2D eigenvalue weighted by molar-refractivity contribution is 1.58. The van der Waals surface area contributed by atoms with Crippen molar-refractivity contribution < 1.29 is 0 Å². The molecule has 0 fully saturated rings. The van der Waals surface area contributed by atoms with E-state index in [1.807, 2.05) is 36.4 Å². The van der Waals surface area contributed by atoms with E-state index in [1.165, 1.54) is 0 Å². The lowest BCUT2D eigenvalue weighted by Gasteiger charge is -2.03. The van der Waals surface area contributed by atoms with Crippen LogP contribution in [0.4, 0.5) is 0 Å². The molecular formula is C24H26Si2. The Labute approximate surface area is 161 Å². The van der Waals surface area contributed by atoms with Gasteiger partial charge in [0, 0.05) is 22.3 Å². The smallest absolute Gasteiger partial charge is 0.127 e. The van der Waals surface area contributed by atoms with Crippen molar-refractivity contribution in [3.05, 3.63) is 70.8 Å². The van der Waals surface area contributed by atoms with E-state index in [-0.39, 0.29) is 0 Å². The van der Waals surface area contributed by atoms with Gasteiger partial charge in [0.2, 0.25) is 0 Å². The van der Waals surface area contributed by atoms with Crippen molar-refractivity contribution in [2.24, 2.45) is 0 Å². The van der Waals surface area contributed by atoms with Crippen molar-refractivity contribution in [3.8, 4) is 34.8 Å². The third-order valence-corrected chi connectivity index (χ3v) is 4.99. The highest BCUT2D eigenvalue weighted by Gasteiger charge is 2.08. The molecule has 0 aliphatic rings. The Hall–Kier alpha value is -2.45. The second-order valence-electron chi connectivity index (χ2n) is 8.41. The average molecular weight is 371 g/mol. The van der Waals surface area contributed by atoms with Crippen LogP contribution in [0.25, 0.3) is 0 Å². The van der Waals surface area contributed by atoms with Crippen molar-refractivity contribution in [2.45, 2.75) is 39.3 Å². The highest BCUT2D eigenvalue weighted by Crippen LogP contribution is 2.07. The van der Waals surface area contributed by atoms with Gasteiger partial charge in [0.25, 0.3) is 0 Å². The number of rotatable bonds is 0. The predicted molar refractivity (Wildman–Crippen MR) is 119 cm³/mol. The Balaban J connectivity index is 2.24. The van der Waals surface area contributed by atoms with Gasteiger partial charge < -0.3 is 0 Å². The fourth-order valence-electron chi connectivity index (χ4n) is 2.01. The molecule has 26 heavy (non-hydrogen) atoms. The summed E-state index contributed by atoms with van der Waals surface area (Å²) in [6, 6.07) is 16.3. The molecule has 0 bridgehead atoms. The molecular weight excluding hydrogens is 344 g/mol. The quantitative estimate of drug-likeness (QED) is 0.422. The average Bonchev–Trinajstić information content (AvgIpc) is 2.56. The minimum atomic E-state index is -1.36. The molecule has 2 rings (SSSR count). The second-order valence-corrected chi connectivity index (χ2v) is 17.9. The van der Waals surface area contributed by atoms with Crippen LogP contribution in [0.2, 0.25) is 39.3 Å². The Bertz CT molecular complexity index is 887. The maximum Gasteiger partial charge on any atom is 0.129 e. The lowest BCUT2D eigenvalue weighted by atomic mass is 10.1. The molecule has 0 saturated carbocycles. The molecule has 0 unspecified atom stereocenters. The highest BCUT2D eigenvalue weighted by molar-refractivity contribution is 6.84. The first kappa shape index (κ1) is 19.9. The highest BCUT2D eigenvalue weighted by atomic mass is 28.3. The number of hydrogen-bond acceptors (Lipinski definition) is 0. The van der Waals surface area contributed by atoms with Gasteiger partial charge in [0.15, 0.2) is 0 Å². The summed E-state index contributed by atoms with van der Waals surface area (Å²) in [6.07, 6.45) is 0. The van der Waals surface area contributed by atoms with E-state index >= 15 is 0 Å². The Morgan fingerprint density at radius 2 is 0.808 bits per heavy atom. The summed E-state index contributed by atoms with van der Waals surface area (Å²) in [7, 11) is -2.73. The molecule has 0 atom stereocenters. The minimum Gasteiger partial charge on any atom is -0.127 e. The Morgan fingerprint density at radius 3 is 1.12 bits per heavy atom. The molecule has 0 radical (unpaired) electrons. The van der Waals surface area contributed by atoms with Crippen LogP contribution in [0.5, 0.6) is 0 Å². The van der Waals surface area contributed by atoms with Gasteiger partial charge in [0.05, 0.1) is 0 Å². The van der Waals surface area contributed by atoms with E-state index in [1.54, 1.807) is 0 Å². The molecule has 0 saturated heterocycles. The van der Waals surface area contributed by atoms with Gasteiger partial charge in [-0.15, -0.1) is 11.1 Å². The fourth-order valence-corrected chi connectivity index (χ4v) is 3.05. The summed E-state index contributed by atoms with van der Waals surface area (Å²) in [6.45, 7) is 13.5. The van der Waals surface area contributed by atoms with E-state index < -0.39 is 16.1 Å². The van der Waals surface area contributed by atoms with Crippen LogP contribution in [-0.2, 0) is 0 Å². The molecule has 130 valence electrons. The van der Waals surface area contributed by atoms with Crippen LogP contribution in [0, 0.1) is 34.8 Å². The zero-order valence-electron chi connectivity index (χ0n) is 16.6. The number of hydrogen-bond donors (Lipinski definition) is 0. The monoisotopic (exact) mass is 370 g/mol. The summed E-state index contributed by atoms with van der Waals surface area (Å²) in [5.41, 5.74) is 10.9. The van der Waals surface area contributed by atoms with Crippen molar-refractivity contribution in [2.75, 3.05) is 0 Å². The fraction of sp³-hybridized carbons (Fsp3) is 0.250. The molecule has 0 nitrogen and oxygen atoms in total. The third-order valence-electron chi connectivity index (χ3n) is 3.24. The van der Waals surface area contributed by atoms with Gasteiger partial charge in [-0.2, -0.15) is 0 Å². The van der Waals surface area contributed by atoms with E-state index in [0.717, 1.165) is 22.3 Å². The maximum atomic E-state index is 3.40. The minimum absolute atomic E-state index is 0.992. The van der Waals surface area contributed by atoms with Crippen LogP contribution >= 0.6 is 0 Å². The topological polar surface area (TPSA) is 0 Å². The standard InChI is InChI=1S/C24H26Si2/c1-25(2,3)17-15-23-11-7-9-21(19-23)13-14-22-10-8-12-24(20-22)16-18-26(4,5)6/h7-12,19-20H,1-6H3. The van der Waals surface area contributed by atoms with Gasteiger partial charge in [-0.3, -0.25) is 0 Å². The van der Waals surface area contributed by atoms with Crippen molar-refractivity contribution in [3.63, 3.8) is 0 Å². The SMILES string of the molecule is C[Si](C)(C)C#Cc1cccc(C#Cc2cccc(C#C[Si](C)(C)C)c2)c1. The molecule has 0 heterocycles. The summed E-state index contributed by atoms with van der Waals surface area (Å²) < 4.78 is 0. The summed E-state index contributed by atoms with van der Waals surface area (Å²) in [4.78, 5) is 0. The molecule has 0 spiro atoms. The summed E-state index contributed by atoms with van der Waals surface area (Å²) in [5.74, 6) is 13.1. The Morgan fingerprint density at radius 1 is 0.500 bits per heavy atom. The molecule has 2 heteroatoms. The summed E-state index contributed by atoms with van der Waals surface area (Å²) >= 11 is 0. The van der Waals surface area contributed by atoms with E-state index in [4.69, 9.17) is 0 Å². The number of benzene rings is 2. The van der Waals surface area contributed by atoms with Crippen LogP contribution in [0.3, 0.4) is 0 Å². The largest absolute Gasteiger partial charge is 0.129 e. The zero-order chi connectivity index (χ0) is 19.2. The van der Waals surface area contributed by atoms with Crippen LogP contribution in [0.1, 0.15) is 22.3 Å². The van der Waals surface area contributed by atoms with Crippen LogP contribution in [0.15, 0.2) is 48.5 Å². The molecule has 0 aromatic heterocycles. The zero-order valence-corrected chi connectivity index (χ0v) is 18.6. The van der Waals surface area contributed by atoms with E-state index in [2.05, 4.69) is 86.2 Å². The van der Waals surface area contributed by atoms with Crippen molar-refractivity contribution in [1.82, 2.24) is 0 Å². The van der Waals surface area contributed by atoms with Crippen molar-refractivity contribution >= 4 is 16.1 Å². The third kappa shape index (κ3) is 7.63. The van der Waals surface area contributed by atoms with Crippen LogP contribution in [-0.4, -0.2) is 16.1 Å². The van der Waals surface area contributed by atoms with Gasteiger partial charge >= 0.3 is 0 Å². The predicted octanol–water partition coefficient (Wildman–Crippen LogP) is 5.54. The molecule has 0 aliphatic heterocycles. The van der Waals surface area contributed by atoms with E-state index in [9.17, 15) is 0 Å². The first-order chi connectivity index (χ1) is 12.1. The van der Waals surface area contributed by atoms with E-state index in [0.29, 0.717) is 0 Å². The van der Waals surface area contributed by atoms with Crippen molar-refractivity contribution in [1.29, 1.82) is 0 Å². The summed E-state index contributed by atoms with van der Waals surface area (Å²) in [5, 5.41) is 0. The first-order valence-corrected chi connectivity index (χ1v) is 15.9. The Kier molecular flexibility index (Phi) is 6.34. The molecule has 2 aromatic rings.